The molecule has 1 heterocycles. The number of Topliss-reactive ketones (excluding diaryl/α,β-unsaturated/α-hetero) is 2. The lowest BCUT2D eigenvalue weighted by Crippen LogP contribution is -2.38. The number of ether oxygens (including phenoxy) is 2. The number of benzene rings is 2. The number of rotatable bonds is 8. The molecule has 0 aromatic heterocycles. The summed E-state index contributed by atoms with van der Waals surface area (Å²) in [6, 6.07) is 10.9. The third-order valence-corrected chi connectivity index (χ3v) is 6.67. The number of nitrogens with zero attached hydrogens (tertiary/aromatic N) is 1. The van der Waals surface area contributed by atoms with E-state index in [1.165, 1.54) is 18.2 Å². The number of allylic oxidation sites excluding steroid dienone is 2. The molecule has 0 saturated heterocycles. The molecule has 0 bridgehead atoms. The van der Waals surface area contributed by atoms with Crippen molar-refractivity contribution in [1.82, 2.24) is 4.90 Å². The van der Waals surface area contributed by atoms with Gasteiger partial charge >= 0.3 is 0 Å². The fourth-order valence-corrected chi connectivity index (χ4v) is 5.29. The number of anilines is 1. The van der Waals surface area contributed by atoms with Crippen LogP contribution in [0, 0.1) is 0 Å². The van der Waals surface area contributed by atoms with Gasteiger partial charge in [-0.1, -0.05) is 38.1 Å². The van der Waals surface area contributed by atoms with Gasteiger partial charge in [-0.15, -0.1) is 0 Å². The highest BCUT2D eigenvalue weighted by Gasteiger charge is 2.41. The normalized spacial score (nSPS) is 15.1. The predicted molar refractivity (Wildman–Crippen MR) is 119 cm³/mol. The van der Waals surface area contributed by atoms with E-state index in [-0.39, 0.29) is 29.3 Å². The van der Waals surface area contributed by atoms with E-state index in [9.17, 15) is 18.0 Å². The zero-order valence-corrected chi connectivity index (χ0v) is 18.7. The summed E-state index contributed by atoms with van der Waals surface area (Å²) in [4.78, 5) is 28.0. The first kappa shape index (κ1) is 21.9. The average Bonchev–Trinajstić information content (AvgIpc) is 3.23. The lowest BCUT2D eigenvalue weighted by molar-refractivity contribution is 0.0946. The van der Waals surface area contributed by atoms with E-state index in [4.69, 9.17) is 9.47 Å². The van der Waals surface area contributed by atoms with Crippen molar-refractivity contribution >= 4 is 27.3 Å². The molecule has 0 fully saturated rings. The zero-order chi connectivity index (χ0) is 22.9. The van der Waals surface area contributed by atoms with E-state index >= 15 is 0 Å². The van der Waals surface area contributed by atoms with Gasteiger partial charge in [0.25, 0.3) is 10.0 Å². The van der Waals surface area contributed by atoms with E-state index in [0.717, 1.165) is 0 Å². The summed E-state index contributed by atoms with van der Waals surface area (Å²) < 4.78 is 40.0. The second kappa shape index (κ2) is 8.66. The monoisotopic (exact) mass is 456 g/mol. The summed E-state index contributed by atoms with van der Waals surface area (Å²) >= 11 is 0. The summed E-state index contributed by atoms with van der Waals surface area (Å²) in [7, 11) is -4.39. The third-order valence-electron chi connectivity index (χ3n) is 5.25. The third kappa shape index (κ3) is 3.84. The maximum atomic E-state index is 13.5. The van der Waals surface area contributed by atoms with Gasteiger partial charge in [0.05, 0.1) is 5.69 Å². The first-order chi connectivity index (χ1) is 15.4. The van der Waals surface area contributed by atoms with Crippen LogP contribution in [0.15, 0.2) is 53.1 Å². The van der Waals surface area contributed by atoms with Gasteiger partial charge in [0, 0.05) is 30.3 Å². The van der Waals surface area contributed by atoms with Gasteiger partial charge in [-0.2, -0.15) is 0 Å². The van der Waals surface area contributed by atoms with Gasteiger partial charge < -0.3 is 14.4 Å². The molecule has 2 aromatic rings. The highest BCUT2D eigenvalue weighted by atomic mass is 32.2. The molecular weight excluding hydrogens is 432 g/mol. The number of ketones is 2. The molecule has 9 heteroatoms. The number of carbonyl (C=O) groups excluding carboxylic acids is 2. The van der Waals surface area contributed by atoms with E-state index in [1.54, 1.807) is 29.2 Å². The Morgan fingerprint density at radius 1 is 0.906 bits per heavy atom. The first-order valence-electron chi connectivity index (χ1n) is 10.5. The lowest BCUT2D eigenvalue weighted by Gasteiger charge is -2.31. The second-order valence-electron chi connectivity index (χ2n) is 7.54. The molecule has 0 spiro atoms. The highest BCUT2D eigenvalue weighted by molar-refractivity contribution is 7.97. The molecule has 0 atom stereocenters. The summed E-state index contributed by atoms with van der Waals surface area (Å²) in [6.07, 6.45) is 1.38. The smallest absolute Gasteiger partial charge is 0.268 e. The van der Waals surface area contributed by atoms with Gasteiger partial charge in [0.1, 0.15) is 5.70 Å². The molecule has 8 nitrogen and oxygen atoms in total. The van der Waals surface area contributed by atoms with Crippen LogP contribution in [0.1, 0.15) is 47.4 Å². The predicted octanol–water partition coefficient (Wildman–Crippen LogP) is 3.57. The van der Waals surface area contributed by atoms with Crippen LogP contribution in [-0.4, -0.2) is 44.8 Å². The van der Waals surface area contributed by atoms with Crippen LogP contribution >= 0.6 is 0 Å². The Labute approximate surface area is 186 Å². The van der Waals surface area contributed by atoms with Gasteiger partial charge in [0.2, 0.25) is 18.4 Å². The lowest BCUT2D eigenvalue weighted by atomic mass is 9.91. The van der Waals surface area contributed by atoms with Crippen LogP contribution in [-0.2, 0) is 10.0 Å². The topological polar surface area (TPSA) is 102 Å². The molecular formula is C23H24N2O6S. The van der Waals surface area contributed by atoms with Crippen LogP contribution < -0.4 is 14.2 Å². The van der Waals surface area contributed by atoms with Gasteiger partial charge in [-0.05, 0) is 25.0 Å². The van der Waals surface area contributed by atoms with Crippen molar-refractivity contribution in [3.05, 3.63) is 64.2 Å². The molecule has 1 aliphatic heterocycles. The summed E-state index contributed by atoms with van der Waals surface area (Å²) in [5.74, 6) is -0.258. The molecule has 0 amide bonds. The number of sulfonamides is 1. The number of carbonyl (C=O) groups is 2. The molecule has 1 N–H and O–H groups in total. The van der Waals surface area contributed by atoms with Crippen LogP contribution in [0.3, 0.4) is 0 Å². The highest BCUT2D eigenvalue weighted by Crippen LogP contribution is 2.36. The van der Waals surface area contributed by atoms with Crippen molar-refractivity contribution in [3.63, 3.8) is 0 Å². The molecule has 2 aliphatic rings. The Kier molecular flexibility index (Phi) is 5.92. The number of hydrogen-bond donors (Lipinski definition) is 1. The number of hydrogen-bond acceptors (Lipinski definition) is 7. The Hall–Kier alpha value is -3.33. The van der Waals surface area contributed by atoms with Gasteiger partial charge in [0.15, 0.2) is 16.4 Å². The van der Waals surface area contributed by atoms with Crippen molar-refractivity contribution < 1.29 is 27.5 Å². The molecule has 0 unspecified atom stereocenters. The Morgan fingerprint density at radius 2 is 1.53 bits per heavy atom. The molecule has 0 radical (unpaired) electrons. The summed E-state index contributed by atoms with van der Waals surface area (Å²) in [5.41, 5.74) is 0.426. The van der Waals surface area contributed by atoms with Crippen molar-refractivity contribution in [3.8, 4) is 11.5 Å². The second-order valence-corrected chi connectivity index (χ2v) is 9.16. The minimum Gasteiger partial charge on any atom is -0.454 e. The maximum absolute atomic E-state index is 13.5. The van der Waals surface area contributed by atoms with Crippen molar-refractivity contribution in [2.75, 3.05) is 24.6 Å². The maximum Gasteiger partial charge on any atom is 0.268 e. The van der Waals surface area contributed by atoms with E-state index < -0.39 is 26.5 Å². The van der Waals surface area contributed by atoms with Gasteiger partial charge in [-0.25, -0.2) is 8.42 Å². The molecule has 2 aromatic carbocycles. The van der Waals surface area contributed by atoms with E-state index in [1.807, 2.05) is 13.8 Å². The molecule has 168 valence electrons. The summed E-state index contributed by atoms with van der Waals surface area (Å²) in [6.45, 7) is 4.82. The summed E-state index contributed by atoms with van der Waals surface area (Å²) in [5, 5.41) is 0. The fourth-order valence-electron chi connectivity index (χ4n) is 3.92. The van der Waals surface area contributed by atoms with Crippen LogP contribution in [0.2, 0.25) is 0 Å². The van der Waals surface area contributed by atoms with E-state index in [2.05, 4.69) is 4.72 Å². The Bertz CT molecular complexity index is 1210. The van der Waals surface area contributed by atoms with Crippen LogP contribution in [0.5, 0.6) is 11.5 Å². The molecule has 0 saturated carbocycles. The average molecular weight is 457 g/mol. The fraction of sp³-hybridized carbons (Fsp3) is 0.304. The Morgan fingerprint density at radius 3 is 2.19 bits per heavy atom. The Balaban J connectivity index is 1.84. The standard InChI is InChI=1S/C23H24N2O6S/c1-3-11-25(12-4-2)20-21(26)16-7-5-6-8-17(16)22(27)23(20)32(28,29)24-15-9-10-18-19(13-15)31-14-30-18/h5-10,13,24H,3-4,11-12,14H2,1-2H3. The number of fused-ring (bicyclic) bond motifs is 2. The van der Waals surface area contributed by atoms with Crippen molar-refractivity contribution in [2.24, 2.45) is 0 Å². The number of nitrogens with one attached hydrogen (secondary N) is 1. The molecule has 4 rings (SSSR count). The quantitative estimate of drug-likeness (QED) is 0.648. The molecule has 1 aliphatic carbocycles. The minimum atomic E-state index is -4.39. The first-order valence-corrected chi connectivity index (χ1v) is 12.0. The van der Waals surface area contributed by atoms with E-state index in [0.29, 0.717) is 37.4 Å². The van der Waals surface area contributed by atoms with Gasteiger partial charge in [-0.3, -0.25) is 14.3 Å². The van der Waals surface area contributed by atoms with Crippen molar-refractivity contribution in [2.45, 2.75) is 26.7 Å². The minimum absolute atomic E-state index is 0.0492. The zero-order valence-electron chi connectivity index (χ0n) is 17.9. The van der Waals surface area contributed by atoms with Crippen LogP contribution in [0.25, 0.3) is 0 Å². The van der Waals surface area contributed by atoms with Crippen LogP contribution in [0.4, 0.5) is 5.69 Å². The SMILES string of the molecule is CCCN(CCC)C1=C(S(=O)(=O)Nc2ccc3c(c2)OCO3)C(=O)c2ccccc2C1=O. The van der Waals surface area contributed by atoms with Crippen molar-refractivity contribution in [1.29, 1.82) is 0 Å². The largest absolute Gasteiger partial charge is 0.454 e. The molecule has 32 heavy (non-hydrogen) atoms.